The smallest absolute Gasteiger partial charge is 0.0350 e. The van der Waals surface area contributed by atoms with Crippen LogP contribution in [0.25, 0.3) is 0 Å². The fraction of sp³-hybridized carbons (Fsp3) is 0.571. The van der Waals surface area contributed by atoms with E-state index >= 15 is 0 Å². The second kappa shape index (κ2) is 3.64. The second-order valence-corrected chi connectivity index (χ2v) is 5.14. The van der Waals surface area contributed by atoms with Crippen LogP contribution >= 0.6 is 0 Å². The van der Waals surface area contributed by atoms with E-state index in [1.165, 1.54) is 43.5 Å². The van der Waals surface area contributed by atoms with Gasteiger partial charge >= 0.3 is 0 Å². The minimum absolute atomic E-state index is 0.720. The molecule has 0 spiro atoms. The molecule has 0 radical (unpaired) electrons. The van der Waals surface area contributed by atoms with Crippen LogP contribution in [0.3, 0.4) is 0 Å². The van der Waals surface area contributed by atoms with Crippen LogP contribution < -0.4 is 0 Å². The minimum atomic E-state index is 0.720. The van der Waals surface area contributed by atoms with Crippen molar-refractivity contribution in [3.05, 3.63) is 35.4 Å². The van der Waals surface area contributed by atoms with Gasteiger partial charge in [0, 0.05) is 6.04 Å². The molecule has 0 aromatic heterocycles. The van der Waals surface area contributed by atoms with Crippen LogP contribution in [0, 0.1) is 12.8 Å². The highest BCUT2D eigenvalue weighted by Gasteiger charge is 2.33. The first-order valence-electron chi connectivity index (χ1n) is 6.13. The summed E-state index contributed by atoms with van der Waals surface area (Å²) in [6.07, 6.45) is 4.26. The van der Waals surface area contributed by atoms with Gasteiger partial charge < -0.3 is 0 Å². The maximum absolute atomic E-state index is 2.67. The molecule has 0 amide bonds. The first-order chi connectivity index (χ1) is 7.33. The molecule has 15 heavy (non-hydrogen) atoms. The Morgan fingerprint density at radius 3 is 2.27 bits per heavy atom. The van der Waals surface area contributed by atoms with Crippen LogP contribution in [-0.4, -0.2) is 18.0 Å². The Morgan fingerprint density at radius 1 is 1.07 bits per heavy atom. The molecular weight excluding hydrogens is 182 g/mol. The van der Waals surface area contributed by atoms with E-state index < -0.39 is 0 Å². The lowest BCUT2D eigenvalue weighted by Crippen LogP contribution is -2.43. The molecule has 2 bridgehead atoms. The van der Waals surface area contributed by atoms with Crippen LogP contribution in [0.1, 0.15) is 36.4 Å². The normalized spacial score (nSPS) is 34.3. The molecule has 80 valence electrons. The average Bonchev–Trinajstić information content (AvgIpc) is 2.31. The molecule has 3 aliphatic heterocycles. The zero-order chi connectivity index (χ0) is 10.3. The zero-order valence-corrected chi connectivity index (χ0v) is 9.45. The van der Waals surface area contributed by atoms with Crippen molar-refractivity contribution >= 4 is 0 Å². The van der Waals surface area contributed by atoms with Gasteiger partial charge in [-0.25, -0.2) is 0 Å². The number of benzene rings is 1. The van der Waals surface area contributed by atoms with E-state index in [1.54, 1.807) is 0 Å². The zero-order valence-electron chi connectivity index (χ0n) is 9.45. The molecule has 1 heteroatoms. The van der Waals surface area contributed by atoms with E-state index in [4.69, 9.17) is 0 Å². The van der Waals surface area contributed by atoms with E-state index in [-0.39, 0.29) is 0 Å². The molecule has 0 saturated carbocycles. The quantitative estimate of drug-likeness (QED) is 0.674. The molecule has 0 aliphatic carbocycles. The Hall–Kier alpha value is -0.820. The predicted octanol–water partition coefficient (Wildman–Crippen LogP) is 3.15. The summed E-state index contributed by atoms with van der Waals surface area (Å²) in [7, 11) is 0. The highest BCUT2D eigenvalue weighted by Crippen LogP contribution is 2.40. The summed E-state index contributed by atoms with van der Waals surface area (Å²) in [5.74, 6) is 1.00. The maximum atomic E-state index is 2.67. The van der Waals surface area contributed by atoms with Crippen LogP contribution in [0.2, 0.25) is 0 Å². The van der Waals surface area contributed by atoms with E-state index in [1.807, 2.05) is 0 Å². The number of rotatable bonds is 1. The third-order valence-electron chi connectivity index (χ3n) is 4.11. The Morgan fingerprint density at radius 2 is 1.73 bits per heavy atom. The van der Waals surface area contributed by atoms with Crippen molar-refractivity contribution in [3.8, 4) is 0 Å². The van der Waals surface area contributed by atoms with Crippen molar-refractivity contribution in [2.45, 2.75) is 32.2 Å². The topological polar surface area (TPSA) is 3.24 Å². The molecule has 3 aliphatic rings. The Kier molecular flexibility index (Phi) is 2.28. The lowest BCUT2D eigenvalue weighted by atomic mass is 9.81. The molecule has 1 unspecified atom stereocenters. The highest BCUT2D eigenvalue weighted by molar-refractivity contribution is 5.25. The summed E-state index contributed by atoms with van der Waals surface area (Å²) in [5, 5.41) is 0. The van der Waals surface area contributed by atoms with Gasteiger partial charge in [-0.05, 0) is 50.8 Å². The lowest BCUT2D eigenvalue weighted by molar-refractivity contribution is 0.0490. The van der Waals surface area contributed by atoms with Gasteiger partial charge in [-0.3, -0.25) is 4.90 Å². The van der Waals surface area contributed by atoms with E-state index in [0.29, 0.717) is 0 Å². The third kappa shape index (κ3) is 1.69. The third-order valence-corrected chi connectivity index (χ3v) is 4.11. The number of hydrogen-bond donors (Lipinski definition) is 0. The molecule has 1 nitrogen and oxygen atoms in total. The number of aryl methyl sites for hydroxylation is 1. The Labute approximate surface area is 92.1 Å². The fourth-order valence-electron chi connectivity index (χ4n) is 3.10. The molecule has 1 atom stereocenters. The molecule has 3 saturated heterocycles. The van der Waals surface area contributed by atoms with Gasteiger partial charge in [-0.1, -0.05) is 29.8 Å². The van der Waals surface area contributed by atoms with E-state index in [2.05, 4.69) is 36.1 Å². The van der Waals surface area contributed by atoms with Crippen LogP contribution in [-0.2, 0) is 0 Å². The number of fused-ring (bicyclic) bond motifs is 3. The Bertz CT molecular complexity index is 333. The fourth-order valence-corrected chi connectivity index (χ4v) is 3.10. The summed E-state index contributed by atoms with van der Waals surface area (Å²) in [6, 6.07) is 9.86. The summed E-state index contributed by atoms with van der Waals surface area (Å²) in [4.78, 5) is 2.67. The van der Waals surface area contributed by atoms with Gasteiger partial charge in [0.25, 0.3) is 0 Å². The Balaban J connectivity index is 1.85. The van der Waals surface area contributed by atoms with Gasteiger partial charge in [0.1, 0.15) is 0 Å². The van der Waals surface area contributed by atoms with Gasteiger partial charge in [0.15, 0.2) is 0 Å². The number of nitrogens with zero attached hydrogens (tertiary/aromatic N) is 1. The molecule has 1 aromatic rings. The van der Waals surface area contributed by atoms with Gasteiger partial charge in [0.2, 0.25) is 0 Å². The minimum Gasteiger partial charge on any atom is -0.296 e. The molecule has 3 fully saturated rings. The van der Waals surface area contributed by atoms with Crippen LogP contribution in [0.15, 0.2) is 24.3 Å². The van der Waals surface area contributed by atoms with Gasteiger partial charge in [-0.15, -0.1) is 0 Å². The van der Waals surface area contributed by atoms with E-state index in [0.717, 1.165) is 12.0 Å². The summed E-state index contributed by atoms with van der Waals surface area (Å²) >= 11 is 0. The molecule has 1 aromatic carbocycles. The van der Waals surface area contributed by atoms with Crippen molar-refractivity contribution in [2.75, 3.05) is 13.1 Å². The van der Waals surface area contributed by atoms with Crippen LogP contribution in [0.5, 0.6) is 0 Å². The first-order valence-corrected chi connectivity index (χ1v) is 6.13. The van der Waals surface area contributed by atoms with Crippen LogP contribution in [0.4, 0.5) is 0 Å². The van der Waals surface area contributed by atoms with Gasteiger partial charge in [0.05, 0.1) is 0 Å². The van der Waals surface area contributed by atoms with Crippen molar-refractivity contribution in [3.63, 3.8) is 0 Å². The highest BCUT2D eigenvalue weighted by atomic mass is 15.2. The van der Waals surface area contributed by atoms with Crippen molar-refractivity contribution in [2.24, 2.45) is 5.92 Å². The average molecular weight is 201 g/mol. The molecule has 0 N–H and O–H groups in total. The largest absolute Gasteiger partial charge is 0.296 e. The molecular formula is C14H19N. The first kappa shape index (κ1) is 9.41. The summed E-state index contributed by atoms with van der Waals surface area (Å²) in [5.41, 5.74) is 2.90. The van der Waals surface area contributed by atoms with Crippen molar-refractivity contribution < 1.29 is 0 Å². The standard InChI is InChI=1S/C14H19N/c1-11-2-4-13(5-3-11)14-10-12-6-8-15(14)9-7-12/h2-5,12,14H,6-10H2,1H3. The predicted molar refractivity (Wildman–Crippen MR) is 62.8 cm³/mol. The molecule has 4 rings (SSSR count). The second-order valence-electron chi connectivity index (χ2n) is 5.14. The summed E-state index contributed by atoms with van der Waals surface area (Å²) < 4.78 is 0. The SMILES string of the molecule is Cc1ccc(C2CC3CCN2CC3)cc1. The summed E-state index contributed by atoms with van der Waals surface area (Å²) in [6.45, 7) is 4.81. The van der Waals surface area contributed by atoms with Crippen molar-refractivity contribution in [1.29, 1.82) is 0 Å². The monoisotopic (exact) mass is 201 g/mol. The van der Waals surface area contributed by atoms with E-state index in [9.17, 15) is 0 Å². The lowest BCUT2D eigenvalue weighted by Gasteiger charge is -2.45. The number of hydrogen-bond acceptors (Lipinski definition) is 1. The maximum Gasteiger partial charge on any atom is 0.0350 e. The van der Waals surface area contributed by atoms with Crippen molar-refractivity contribution in [1.82, 2.24) is 4.90 Å². The van der Waals surface area contributed by atoms with Gasteiger partial charge in [-0.2, -0.15) is 0 Å². The number of piperidine rings is 3. The molecule has 3 heterocycles.